The predicted octanol–water partition coefficient (Wildman–Crippen LogP) is 0.856. The normalized spacial score (nSPS) is 18.6. The Morgan fingerprint density at radius 2 is 2.05 bits per heavy atom. The fraction of sp³-hybridized carbons (Fsp3) is 0.615. The topological polar surface area (TPSA) is 87.0 Å². The average molecular weight is 275 g/mol. The summed E-state index contributed by atoms with van der Waals surface area (Å²) < 4.78 is 0. The number of piperazine rings is 1. The van der Waals surface area contributed by atoms with E-state index in [0.717, 1.165) is 37.5 Å². The molecule has 0 aromatic carbocycles. The number of fused-ring (bicyclic) bond motifs is 1. The third-order valence-corrected chi connectivity index (χ3v) is 4.11. The average Bonchev–Trinajstić information content (AvgIpc) is 2.94. The number of nitrogens with zero attached hydrogens (tertiary/aromatic N) is 5. The number of nitrogens with one attached hydrogen (secondary N) is 1. The molecule has 2 aromatic heterocycles. The molecule has 108 valence electrons. The van der Waals surface area contributed by atoms with Crippen LogP contribution in [0.2, 0.25) is 0 Å². The van der Waals surface area contributed by atoms with Crippen LogP contribution in [0.1, 0.15) is 20.3 Å². The molecular formula is C13H21N7. The van der Waals surface area contributed by atoms with Gasteiger partial charge in [0.05, 0.1) is 6.33 Å². The van der Waals surface area contributed by atoms with Gasteiger partial charge in [-0.3, -0.25) is 4.90 Å². The highest BCUT2D eigenvalue weighted by Crippen LogP contribution is 2.23. The van der Waals surface area contributed by atoms with Crippen molar-refractivity contribution in [1.29, 1.82) is 0 Å². The molecule has 3 rings (SSSR count). The highest BCUT2D eigenvalue weighted by molar-refractivity contribution is 5.84. The minimum atomic E-state index is 0.281. The lowest BCUT2D eigenvalue weighted by Gasteiger charge is -2.38. The quantitative estimate of drug-likeness (QED) is 0.863. The van der Waals surface area contributed by atoms with Gasteiger partial charge in [0.1, 0.15) is 5.52 Å². The Balaban J connectivity index is 1.81. The molecule has 0 amide bonds. The zero-order chi connectivity index (χ0) is 14.1. The number of hydrogen-bond acceptors (Lipinski definition) is 6. The Hall–Kier alpha value is -1.89. The van der Waals surface area contributed by atoms with Gasteiger partial charge in [-0.05, 0) is 13.3 Å². The molecular weight excluding hydrogens is 254 g/mol. The van der Waals surface area contributed by atoms with Gasteiger partial charge in [-0.2, -0.15) is 9.97 Å². The summed E-state index contributed by atoms with van der Waals surface area (Å²) in [4.78, 5) is 20.6. The van der Waals surface area contributed by atoms with Crippen molar-refractivity contribution in [3.63, 3.8) is 0 Å². The number of anilines is 2. The van der Waals surface area contributed by atoms with E-state index in [0.29, 0.717) is 11.7 Å². The standard InChI is InChI=1S/C13H21N7/c1-3-9(2)19-4-6-20(7-5-19)12-10-11(16-8-15-10)17-13(14)18-12/h8-9H,3-7H2,1-2H3,(H3,14,15,16,17,18). The lowest BCUT2D eigenvalue weighted by atomic mass is 10.2. The molecule has 1 atom stereocenters. The highest BCUT2D eigenvalue weighted by Gasteiger charge is 2.23. The highest BCUT2D eigenvalue weighted by atomic mass is 15.3. The number of aromatic nitrogens is 4. The van der Waals surface area contributed by atoms with Gasteiger partial charge in [-0.25, -0.2) is 4.98 Å². The predicted molar refractivity (Wildman–Crippen MR) is 79.6 cm³/mol. The van der Waals surface area contributed by atoms with Crippen LogP contribution in [0.15, 0.2) is 6.33 Å². The van der Waals surface area contributed by atoms with Crippen LogP contribution in [0.3, 0.4) is 0 Å². The van der Waals surface area contributed by atoms with E-state index in [9.17, 15) is 0 Å². The van der Waals surface area contributed by atoms with E-state index in [1.54, 1.807) is 6.33 Å². The third kappa shape index (κ3) is 2.29. The molecule has 3 heterocycles. The summed E-state index contributed by atoms with van der Waals surface area (Å²) in [7, 11) is 0. The summed E-state index contributed by atoms with van der Waals surface area (Å²) >= 11 is 0. The van der Waals surface area contributed by atoms with Gasteiger partial charge in [0.15, 0.2) is 11.5 Å². The fourth-order valence-corrected chi connectivity index (χ4v) is 2.70. The first-order valence-corrected chi connectivity index (χ1v) is 7.14. The molecule has 1 saturated heterocycles. The first kappa shape index (κ1) is 13.1. The van der Waals surface area contributed by atoms with E-state index in [1.165, 1.54) is 6.42 Å². The van der Waals surface area contributed by atoms with Crippen molar-refractivity contribution in [2.75, 3.05) is 36.8 Å². The van der Waals surface area contributed by atoms with Crippen LogP contribution in [0.5, 0.6) is 0 Å². The SMILES string of the molecule is CCC(C)N1CCN(c2nc(N)nc3nc[nH]c23)CC1. The smallest absolute Gasteiger partial charge is 0.224 e. The van der Waals surface area contributed by atoms with Crippen LogP contribution in [0.4, 0.5) is 11.8 Å². The second-order valence-electron chi connectivity index (χ2n) is 5.29. The summed E-state index contributed by atoms with van der Waals surface area (Å²) in [5.74, 6) is 1.15. The Labute approximate surface area is 118 Å². The summed E-state index contributed by atoms with van der Waals surface area (Å²) in [6, 6.07) is 0.639. The van der Waals surface area contributed by atoms with Crippen molar-refractivity contribution in [1.82, 2.24) is 24.8 Å². The molecule has 0 aliphatic carbocycles. The van der Waals surface area contributed by atoms with E-state index < -0.39 is 0 Å². The number of imidazole rings is 1. The zero-order valence-electron chi connectivity index (χ0n) is 12.0. The zero-order valence-corrected chi connectivity index (χ0v) is 12.0. The van der Waals surface area contributed by atoms with Gasteiger partial charge >= 0.3 is 0 Å². The van der Waals surface area contributed by atoms with Crippen LogP contribution >= 0.6 is 0 Å². The maximum Gasteiger partial charge on any atom is 0.224 e. The number of nitrogen functional groups attached to an aromatic ring is 1. The van der Waals surface area contributed by atoms with Crippen LogP contribution in [0, 0.1) is 0 Å². The maximum atomic E-state index is 5.77. The lowest BCUT2D eigenvalue weighted by Crippen LogP contribution is -2.49. The second kappa shape index (κ2) is 5.24. The van der Waals surface area contributed by atoms with Crippen molar-refractivity contribution < 1.29 is 0 Å². The largest absolute Gasteiger partial charge is 0.368 e. The summed E-state index contributed by atoms with van der Waals surface area (Å²) in [5.41, 5.74) is 7.28. The summed E-state index contributed by atoms with van der Waals surface area (Å²) in [6.45, 7) is 8.52. The number of H-pyrrole nitrogens is 1. The lowest BCUT2D eigenvalue weighted by molar-refractivity contribution is 0.192. The van der Waals surface area contributed by atoms with Crippen molar-refractivity contribution in [2.24, 2.45) is 0 Å². The Bertz CT molecular complexity index is 585. The van der Waals surface area contributed by atoms with E-state index >= 15 is 0 Å². The molecule has 0 radical (unpaired) electrons. The molecule has 3 N–H and O–H groups in total. The molecule has 2 aromatic rings. The summed E-state index contributed by atoms with van der Waals surface area (Å²) in [5, 5.41) is 0. The number of nitrogens with two attached hydrogens (primary N) is 1. The van der Waals surface area contributed by atoms with E-state index in [2.05, 4.69) is 43.6 Å². The van der Waals surface area contributed by atoms with Crippen molar-refractivity contribution in [3.05, 3.63) is 6.33 Å². The minimum absolute atomic E-state index is 0.281. The fourth-order valence-electron chi connectivity index (χ4n) is 2.70. The van der Waals surface area contributed by atoms with Gasteiger partial charge in [-0.15, -0.1) is 0 Å². The van der Waals surface area contributed by atoms with Gasteiger partial charge in [0.25, 0.3) is 0 Å². The molecule has 1 unspecified atom stereocenters. The minimum Gasteiger partial charge on any atom is -0.368 e. The van der Waals surface area contributed by atoms with E-state index in [1.807, 2.05) is 0 Å². The Morgan fingerprint density at radius 3 is 2.75 bits per heavy atom. The molecule has 1 aliphatic rings. The van der Waals surface area contributed by atoms with Crippen LogP contribution in [-0.2, 0) is 0 Å². The molecule has 0 spiro atoms. The summed E-state index contributed by atoms with van der Waals surface area (Å²) in [6.07, 6.45) is 2.82. The molecule has 0 bridgehead atoms. The van der Waals surface area contributed by atoms with E-state index in [-0.39, 0.29) is 5.95 Å². The van der Waals surface area contributed by atoms with Crippen molar-refractivity contribution in [2.45, 2.75) is 26.3 Å². The van der Waals surface area contributed by atoms with Crippen LogP contribution in [0.25, 0.3) is 11.2 Å². The van der Waals surface area contributed by atoms with E-state index in [4.69, 9.17) is 5.73 Å². The van der Waals surface area contributed by atoms with Gasteiger partial charge in [0.2, 0.25) is 5.95 Å². The number of hydrogen-bond donors (Lipinski definition) is 2. The molecule has 1 aliphatic heterocycles. The van der Waals surface area contributed by atoms with Crippen LogP contribution in [-0.4, -0.2) is 57.1 Å². The number of rotatable bonds is 3. The molecule has 7 heteroatoms. The first-order valence-electron chi connectivity index (χ1n) is 7.14. The molecule has 20 heavy (non-hydrogen) atoms. The monoisotopic (exact) mass is 275 g/mol. The third-order valence-electron chi connectivity index (χ3n) is 4.11. The maximum absolute atomic E-state index is 5.77. The van der Waals surface area contributed by atoms with Gasteiger partial charge in [-0.1, -0.05) is 6.92 Å². The Morgan fingerprint density at radius 1 is 1.30 bits per heavy atom. The van der Waals surface area contributed by atoms with Crippen molar-refractivity contribution >= 4 is 22.9 Å². The van der Waals surface area contributed by atoms with Gasteiger partial charge < -0.3 is 15.6 Å². The number of aromatic amines is 1. The first-order chi connectivity index (χ1) is 9.69. The molecule has 0 saturated carbocycles. The van der Waals surface area contributed by atoms with Crippen molar-refractivity contribution in [3.8, 4) is 0 Å². The molecule has 1 fully saturated rings. The Kier molecular flexibility index (Phi) is 3.43. The van der Waals surface area contributed by atoms with Gasteiger partial charge in [0, 0.05) is 32.2 Å². The molecule has 7 nitrogen and oxygen atoms in total. The van der Waals surface area contributed by atoms with Crippen LogP contribution < -0.4 is 10.6 Å². The second-order valence-corrected chi connectivity index (χ2v) is 5.29.